The Morgan fingerprint density at radius 3 is 2.84 bits per heavy atom. The van der Waals surface area contributed by atoms with Gasteiger partial charge in [-0.3, -0.25) is 14.9 Å². The Hall–Kier alpha value is -3.28. The van der Waals surface area contributed by atoms with E-state index in [9.17, 15) is 14.9 Å². The van der Waals surface area contributed by atoms with Gasteiger partial charge in [0, 0.05) is 50.3 Å². The third-order valence-electron chi connectivity index (χ3n) is 5.00. The van der Waals surface area contributed by atoms with E-state index in [1.54, 1.807) is 24.5 Å². The van der Waals surface area contributed by atoms with E-state index in [0.29, 0.717) is 37.7 Å². The maximum absolute atomic E-state index is 13.0. The minimum atomic E-state index is -0.522. The van der Waals surface area contributed by atoms with Crippen molar-refractivity contribution in [1.82, 2.24) is 4.98 Å². The first kappa shape index (κ1) is 21.9. The number of carbonyl (C=O) groups excluding carboxylic acids is 1. The Kier molecular flexibility index (Phi) is 6.78. The molecule has 2 aromatic carbocycles. The maximum atomic E-state index is 13.0. The molecule has 3 aromatic rings. The molecule has 10 nitrogen and oxygen atoms in total. The lowest BCUT2D eigenvalue weighted by molar-refractivity contribution is -0.384. The highest BCUT2D eigenvalue weighted by Crippen LogP contribution is 2.31. The molecule has 32 heavy (non-hydrogen) atoms. The minimum absolute atomic E-state index is 0.152. The van der Waals surface area contributed by atoms with Gasteiger partial charge in [0.05, 0.1) is 40.5 Å². The van der Waals surface area contributed by atoms with Crippen LogP contribution in [0.3, 0.4) is 0 Å². The Morgan fingerprint density at radius 2 is 2.09 bits per heavy atom. The van der Waals surface area contributed by atoms with E-state index in [-0.39, 0.29) is 11.3 Å². The van der Waals surface area contributed by atoms with Crippen molar-refractivity contribution in [2.45, 2.75) is 0 Å². The number of anilines is 3. The second-order valence-electron chi connectivity index (χ2n) is 7.14. The van der Waals surface area contributed by atoms with Crippen LogP contribution in [0.25, 0.3) is 10.2 Å². The summed E-state index contributed by atoms with van der Waals surface area (Å²) in [7, 11) is 1.57. The zero-order chi connectivity index (χ0) is 22.5. The molecule has 0 bridgehead atoms. The molecular formula is C21H23N5O5S. The number of fused-ring (bicyclic) bond motifs is 1. The number of non-ortho nitro benzene ring substituents is 1. The smallest absolute Gasteiger partial charge is 0.270 e. The van der Waals surface area contributed by atoms with Crippen LogP contribution in [0.4, 0.5) is 22.2 Å². The summed E-state index contributed by atoms with van der Waals surface area (Å²) in [4.78, 5) is 30.5. The summed E-state index contributed by atoms with van der Waals surface area (Å²) in [6, 6.07) is 9.66. The van der Waals surface area contributed by atoms with Crippen molar-refractivity contribution in [3.05, 3.63) is 52.1 Å². The third kappa shape index (κ3) is 4.96. The summed E-state index contributed by atoms with van der Waals surface area (Å²) in [6.07, 6.45) is 0. The van der Waals surface area contributed by atoms with Crippen molar-refractivity contribution < 1.29 is 19.2 Å². The lowest BCUT2D eigenvalue weighted by atomic mass is 10.1. The van der Waals surface area contributed by atoms with Gasteiger partial charge in [-0.25, -0.2) is 4.98 Å². The average molecular weight is 458 g/mol. The molecule has 0 saturated carbocycles. The van der Waals surface area contributed by atoms with Crippen molar-refractivity contribution in [3.63, 3.8) is 0 Å². The number of thiazole rings is 1. The monoisotopic (exact) mass is 457 g/mol. The minimum Gasteiger partial charge on any atom is -0.383 e. The van der Waals surface area contributed by atoms with Crippen molar-refractivity contribution in [1.29, 1.82) is 0 Å². The number of hydrogen-bond acceptors (Lipinski definition) is 9. The van der Waals surface area contributed by atoms with Gasteiger partial charge in [-0.15, -0.1) is 0 Å². The molecule has 2 heterocycles. The van der Waals surface area contributed by atoms with Crippen molar-refractivity contribution in [3.8, 4) is 0 Å². The largest absolute Gasteiger partial charge is 0.383 e. The zero-order valence-electron chi connectivity index (χ0n) is 17.5. The molecule has 0 unspecified atom stereocenters. The second-order valence-corrected chi connectivity index (χ2v) is 8.15. The molecule has 1 fully saturated rings. The molecule has 2 N–H and O–H groups in total. The van der Waals surface area contributed by atoms with Crippen LogP contribution in [-0.2, 0) is 9.47 Å². The van der Waals surface area contributed by atoms with E-state index in [2.05, 4.69) is 20.5 Å². The van der Waals surface area contributed by atoms with Gasteiger partial charge in [0.15, 0.2) is 5.13 Å². The van der Waals surface area contributed by atoms with Gasteiger partial charge >= 0.3 is 0 Å². The molecule has 0 atom stereocenters. The van der Waals surface area contributed by atoms with Gasteiger partial charge in [-0.2, -0.15) is 0 Å². The zero-order valence-corrected chi connectivity index (χ0v) is 18.3. The second kappa shape index (κ2) is 9.90. The van der Waals surface area contributed by atoms with Crippen LogP contribution in [0.2, 0.25) is 0 Å². The highest BCUT2D eigenvalue weighted by Gasteiger charge is 2.19. The third-order valence-corrected chi connectivity index (χ3v) is 6.08. The predicted octanol–water partition coefficient (Wildman–Crippen LogP) is 3.35. The van der Waals surface area contributed by atoms with Crippen LogP contribution in [0.5, 0.6) is 0 Å². The Morgan fingerprint density at radius 1 is 1.28 bits per heavy atom. The van der Waals surface area contributed by atoms with Crippen LogP contribution in [0.15, 0.2) is 36.4 Å². The summed E-state index contributed by atoms with van der Waals surface area (Å²) in [5, 5.41) is 18.1. The fourth-order valence-corrected chi connectivity index (χ4v) is 4.41. The molecule has 168 valence electrons. The van der Waals surface area contributed by atoms with E-state index >= 15 is 0 Å². The number of nitro benzene ring substituents is 1. The number of ether oxygens (including phenoxy) is 2. The lowest BCUT2D eigenvalue weighted by Gasteiger charge is -2.25. The molecule has 4 rings (SSSR count). The molecular weight excluding hydrogens is 434 g/mol. The van der Waals surface area contributed by atoms with Crippen molar-refractivity contribution in [2.75, 3.05) is 62.1 Å². The topological polar surface area (TPSA) is 119 Å². The van der Waals surface area contributed by atoms with Gasteiger partial charge < -0.3 is 25.0 Å². The van der Waals surface area contributed by atoms with E-state index in [0.717, 1.165) is 28.4 Å². The van der Waals surface area contributed by atoms with Gasteiger partial charge in [0.1, 0.15) is 0 Å². The molecule has 1 aliphatic heterocycles. The Balaban J connectivity index is 1.55. The standard InChI is InChI=1S/C21H23N5O5S/c1-30-9-6-22-17-5-3-15(26(28)29)13-16(17)20(27)23-14-2-4-18-19(12-14)32-21(24-18)25-7-10-31-11-8-25/h2-5,12-13,22H,6-11H2,1H3,(H,23,27). The number of carbonyl (C=O) groups is 1. The Labute approximate surface area is 188 Å². The highest BCUT2D eigenvalue weighted by atomic mass is 32.1. The number of nitro groups is 1. The first-order valence-electron chi connectivity index (χ1n) is 10.1. The summed E-state index contributed by atoms with van der Waals surface area (Å²) in [5.74, 6) is -0.439. The first-order valence-corrected chi connectivity index (χ1v) is 10.9. The van der Waals surface area contributed by atoms with Gasteiger partial charge in [0.2, 0.25) is 0 Å². The number of nitrogens with one attached hydrogen (secondary N) is 2. The molecule has 0 aliphatic carbocycles. The summed E-state index contributed by atoms with van der Waals surface area (Å²) >= 11 is 1.56. The summed E-state index contributed by atoms with van der Waals surface area (Å²) in [6.45, 7) is 3.86. The Bertz CT molecular complexity index is 1130. The molecule has 0 spiro atoms. The molecule has 1 saturated heterocycles. The van der Waals surface area contributed by atoms with Gasteiger partial charge in [-0.1, -0.05) is 11.3 Å². The lowest BCUT2D eigenvalue weighted by Crippen LogP contribution is -2.36. The molecule has 0 radical (unpaired) electrons. The SMILES string of the molecule is COCCNc1ccc([N+](=O)[O-])cc1C(=O)Nc1ccc2nc(N3CCOCC3)sc2c1. The normalized spacial score (nSPS) is 13.8. The fourth-order valence-electron chi connectivity index (χ4n) is 3.35. The number of methoxy groups -OCH3 is 1. The number of morpholine rings is 1. The number of benzene rings is 2. The van der Waals surface area contributed by atoms with Crippen LogP contribution in [0, 0.1) is 10.1 Å². The molecule has 11 heteroatoms. The van der Waals surface area contributed by atoms with E-state index in [1.165, 1.54) is 18.2 Å². The van der Waals surface area contributed by atoms with Crippen molar-refractivity contribution in [2.24, 2.45) is 0 Å². The number of hydrogen-bond donors (Lipinski definition) is 2. The van der Waals surface area contributed by atoms with Crippen LogP contribution in [-0.4, -0.2) is 62.4 Å². The first-order chi connectivity index (χ1) is 15.5. The van der Waals surface area contributed by atoms with Crippen LogP contribution >= 0.6 is 11.3 Å². The van der Waals surface area contributed by atoms with E-state index in [1.807, 2.05) is 12.1 Å². The fraction of sp³-hybridized carbons (Fsp3) is 0.333. The van der Waals surface area contributed by atoms with E-state index in [4.69, 9.17) is 9.47 Å². The van der Waals surface area contributed by atoms with Crippen LogP contribution in [0.1, 0.15) is 10.4 Å². The quantitative estimate of drug-likeness (QED) is 0.300. The molecule has 1 aromatic heterocycles. The average Bonchev–Trinajstić information content (AvgIpc) is 3.23. The van der Waals surface area contributed by atoms with Crippen LogP contribution < -0.4 is 15.5 Å². The summed E-state index contributed by atoms with van der Waals surface area (Å²) in [5.41, 5.74) is 1.98. The number of nitrogens with zero attached hydrogens (tertiary/aromatic N) is 3. The number of rotatable bonds is 8. The number of aromatic nitrogens is 1. The summed E-state index contributed by atoms with van der Waals surface area (Å²) < 4.78 is 11.4. The highest BCUT2D eigenvalue weighted by molar-refractivity contribution is 7.22. The van der Waals surface area contributed by atoms with Crippen molar-refractivity contribution >= 4 is 49.7 Å². The maximum Gasteiger partial charge on any atom is 0.270 e. The van der Waals surface area contributed by atoms with Gasteiger partial charge in [0.25, 0.3) is 11.6 Å². The number of amides is 1. The van der Waals surface area contributed by atoms with Gasteiger partial charge in [-0.05, 0) is 24.3 Å². The van der Waals surface area contributed by atoms with E-state index < -0.39 is 10.8 Å². The predicted molar refractivity (Wildman–Crippen MR) is 124 cm³/mol. The molecule has 1 aliphatic rings. The molecule has 1 amide bonds.